The van der Waals surface area contributed by atoms with Crippen LogP contribution in [-0.2, 0) is 22.0 Å². The highest BCUT2D eigenvalue weighted by Gasteiger charge is 2.43. The Hall–Kier alpha value is -2.83. The third kappa shape index (κ3) is 5.29. The molecule has 5 nitrogen and oxygen atoms in total. The molecule has 1 saturated heterocycles. The van der Waals surface area contributed by atoms with E-state index in [0.717, 1.165) is 37.4 Å². The summed E-state index contributed by atoms with van der Waals surface area (Å²) in [6, 6.07) is 26.9. The van der Waals surface area contributed by atoms with Crippen LogP contribution in [0.15, 0.2) is 78.9 Å². The Balaban J connectivity index is 1.29. The van der Waals surface area contributed by atoms with Gasteiger partial charge in [0.15, 0.2) is 0 Å². The molecule has 178 valence electrons. The smallest absolute Gasteiger partial charge is 0.229 e. The van der Waals surface area contributed by atoms with E-state index in [0.29, 0.717) is 11.7 Å². The Morgan fingerprint density at radius 2 is 1.76 bits per heavy atom. The predicted molar refractivity (Wildman–Crippen MR) is 137 cm³/mol. The second-order valence-electron chi connectivity index (χ2n) is 9.77. The number of likely N-dealkylation sites (tertiary alicyclic amines) is 1. The average Bonchev–Trinajstić information content (AvgIpc) is 2.81. The summed E-state index contributed by atoms with van der Waals surface area (Å²) in [5.41, 5.74) is 3.33. The number of nitrogens with one attached hydrogen (secondary N) is 1. The Labute approximate surface area is 202 Å². The van der Waals surface area contributed by atoms with E-state index in [-0.39, 0.29) is 5.41 Å². The molecular formula is C28H32N2O3S. The van der Waals surface area contributed by atoms with Gasteiger partial charge in [0.25, 0.3) is 0 Å². The van der Waals surface area contributed by atoms with Gasteiger partial charge >= 0.3 is 0 Å². The van der Waals surface area contributed by atoms with Crippen LogP contribution in [0.25, 0.3) is 0 Å². The second kappa shape index (κ2) is 9.43. The molecule has 5 rings (SSSR count). The summed E-state index contributed by atoms with van der Waals surface area (Å²) in [5, 5.41) is 0. The first-order chi connectivity index (χ1) is 16.4. The number of nitrogens with zero attached hydrogens (tertiary/aromatic N) is 1. The molecule has 0 amide bonds. The van der Waals surface area contributed by atoms with E-state index in [9.17, 15) is 8.42 Å². The SMILES string of the molecule is CS(=O)(=O)Nc1cccc(C23CCCC(C2)N(Cc2cccc(Oc4ccccc4)c2)CC3)c1. The highest BCUT2D eigenvalue weighted by Crippen LogP contribution is 2.47. The molecule has 0 radical (unpaired) electrons. The Morgan fingerprint density at radius 3 is 2.59 bits per heavy atom. The van der Waals surface area contributed by atoms with Gasteiger partial charge in [-0.1, -0.05) is 48.9 Å². The van der Waals surface area contributed by atoms with Crippen molar-refractivity contribution < 1.29 is 13.2 Å². The van der Waals surface area contributed by atoms with Gasteiger partial charge in [0.2, 0.25) is 10.0 Å². The topological polar surface area (TPSA) is 58.6 Å². The van der Waals surface area contributed by atoms with Gasteiger partial charge in [-0.3, -0.25) is 9.62 Å². The number of benzene rings is 3. The molecule has 2 aliphatic rings. The summed E-state index contributed by atoms with van der Waals surface area (Å²) >= 11 is 0. The van der Waals surface area contributed by atoms with Crippen molar-refractivity contribution in [2.45, 2.75) is 50.1 Å². The zero-order valence-corrected chi connectivity index (χ0v) is 20.4. The lowest BCUT2D eigenvalue weighted by molar-refractivity contribution is 0.0458. The zero-order valence-electron chi connectivity index (χ0n) is 19.6. The molecule has 6 heteroatoms. The number of rotatable bonds is 7. The van der Waals surface area contributed by atoms with Crippen molar-refractivity contribution in [2.75, 3.05) is 17.5 Å². The molecule has 1 aliphatic carbocycles. The summed E-state index contributed by atoms with van der Waals surface area (Å²) < 4.78 is 32.1. The summed E-state index contributed by atoms with van der Waals surface area (Å²) in [6.07, 6.45) is 6.99. The van der Waals surface area contributed by atoms with Crippen LogP contribution >= 0.6 is 0 Å². The monoisotopic (exact) mass is 476 g/mol. The van der Waals surface area contributed by atoms with Gasteiger partial charge in [-0.25, -0.2) is 8.42 Å². The minimum atomic E-state index is -3.28. The first-order valence-corrected chi connectivity index (χ1v) is 13.9. The van der Waals surface area contributed by atoms with E-state index < -0.39 is 10.0 Å². The van der Waals surface area contributed by atoms with Crippen molar-refractivity contribution in [1.29, 1.82) is 0 Å². The second-order valence-corrected chi connectivity index (χ2v) is 11.5. The lowest BCUT2D eigenvalue weighted by Crippen LogP contribution is -2.51. The van der Waals surface area contributed by atoms with Gasteiger partial charge < -0.3 is 4.74 Å². The Morgan fingerprint density at radius 1 is 0.971 bits per heavy atom. The van der Waals surface area contributed by atoms with E-state index in [1.54, 1.807) is 0 Å². The fraction of sp³-hybridized carbons (Fsp3) is 0.357. The van der Waals surface area contributed by atoms with E-state index in [2.05, 4.69) is 33.9 Å². The fourth-order valence-corrected chi connectivity index (χ4v) is 6.27. The zero-order chi connectivity index (χ0) is 23.6. The van der Waals surface area contributed by atoms with Gasteiger partial charge in [0.1, 0.15) is 11.5 Å². The Bertz CT molecular complexity index is 1250. The number of piperidine rings is 1. The van der Waals surface area contributed by atoms with Crippen molar-refractivity contribution in [3.63, 3.8) is 0 Å². The summed E-state index contributed by atoms with van der Waals surface area (Å²) in [4.78, 5) is 2.62. The molecular weight excluding hydrogens is 444 g/mol. The number of sulfonamides is 1. The molecule has 3 aromatic carbocycles. The van der Waals surface area contributed by atoms with E-state index in [1.165, 1.54) is 36.6 Å². The van der Waals surface area contributed by atoms with Crippen LogP contribution in [0.2, 0.25) is 0 Å². The number of hydrogen-bond acceptors (Lipinski definition) is 4. The number of fused-ring (bicyclic) bond motifs is 2. The normalized spacial score (nSPS) is 22.8. The quantitative estimate of drug-likeness (QED) is 0.459. The van der Waals surface area contributed by atoms with Crippen LogP contribution in [0.3, 0.4) is 0 Å². The van der Waals surface area contributed by atoms with Crippen molar-refractivity contribution in [3.8, 4) is 11.5 Å². The van der Waals surface area contributed by atoms with Crippen LogP contribution in [0.5, 0.6) is 11.5 Å². The molecule has 2 atom stereocenters. The van der Waals surface area contributed by atoms with Gasteiger partial charge in [0.05, 0.1) is 6.26 Å². The van der Waals surface area contributed by atoms with Crippen LogP contribution in [0.1, 0.15) is 43.2 Å². The van der Waals surface area contributed by atoms with Crippen molar-refractivity contribution in [3.05, 3.63) is 90.0 Å². The number of para-hydroxylation sites is 1. The van der Waals surface area contributed by atoms with Gasteiger partial charge in [-0.2, -0.15) is 0 Å². The standard InChI is InChI=1S/C28H32N2O3S/c1-34(31,32)29-24-10-6-9-23(19-24)28-15-7-11-25(20-28)30(17-16-28)21-22-8-5-14-27(18-22)33-26-12-3-2-4-13-26/h2-6,8-10,12-14,18-19,25,29H,7,11,15-17,20-21H2,1H3. The third-order valence-corrected chi connectivity index (χ3v) is 7.86. The fourth-order valence-electron chi connectivity index (χ4n) is 5.72. The summed E-state index contributed by atoms with van der Waals surface area (Å²) in [5.74, 6) is 1.72. The van der Waals surface area contributed by atoms with Crippen molar-refractivity contribution in [1.82, 2.24) is 4.90 Å². The van der Waals surface area contributed by atoms with Crippen molar-refractivity contribution in [2.24, 2.45) is 0 Å². The van der Waals surface area contributed by atoms with Crippen LogP contribution in [-0.4, -0.2) is 32.2 Å². The van der Waals surface area contributed by atoms with Gasteiger partial charge in [-0.15, -0.1) is 0 Å². The molecule has 0 aromatic heterocycles. The maximum Gasteiger partial charge on any atom is 0.229 e. The van der Waals surface area contributed by atoms with Gasteiger partial charge in [0, 0.05) is 18.3 Å². The molecule has 1 saturated carbocycles. The molecule has 1 aliphatic heterocycles. The predicted octanol–water partition coefficient (Wildman–Crippen LogP) is 5.94. The summed E-state index contributed by atoms with van der Waals surface area (Å²) in [7, 11) is -3.28. The van der Waals surface area contributed by atoms with E-state index >= 15 is 0 Å². The maximum absolute atomic E-state index is 11.7. The molecule has 2 fully saturated rings. The molecule has 2 unspecified atom stereocenters. The minimum Gasteiger partial charge on any atom is -0.457 e. The first-order valence-electron chi connectivity index (χ1n) is 12.0. The third-order valence-electron chi connectivity index (χ3n) is 7.25. The van der Waals surface area contributed by atoms with E-state index in [4.69, 9.17) is 4.74 Å². The highest BCUT2D eigenvalue weighted by molar-refractivity contribution is 7.92. The van der Waals surface area contributed by atoms with Crippen LogP contribution < -0.4 is 9.46 Å². The maximum atomic E-state index is 11.7. The number of ether oxygens (including phenoxy) is 1. The molecule has 1 heterocycles. The summed E-state index contributed by atoms with van der Waals surface area (Å²) in [6.45, 7) is 1.96. The number of hydrogen-bond donors (Lipinski definition) is 1. The van der Waals surface area contributed by atoms with Crippen LogP contribution in [0, 0.1) is 0 Å². The lowest BCUT2D eigenvalue weighted by atomic mass is 9.63. The molecule has 3 aromatic rings. The van der Waals surface area contributed by atoms with Crippen LogP contribution in [0.4, 0.5) is 5.69 Å². The first kappa shape index (κ1) is 22.9. The lowest BCUT2D eigenvalue weighted by Gasteiger charge is -2.51. The highest BCUT2D eigenvalue weighted by atomic mass is 32.2. The largest absolute Gasteiger partial charge is 0.457 e. The molecule has 0 spiro atoms. The molecule has 34 heavy (non-hydrogen) atoms. The average molecular weight is 477 g/mol. The number of anilines is 1. The van der Waals surface area contributed by atoms with Gasteiger partial charge in [-0.05, 0) is 85.2 Å². The van der Waals surface area contributed by atoms with Crippen molar-refractivity contribution >= 4 is 15.7 Å². The molecule has 2 bridgehead atoms. The minimum absolute atomic E-state index is 0.132. The molecule has 1 N–H and O–H groups in total. The van der Waals surface area contributed by atoms with E-state index in [1.807, 2.05) is 54.6 Å². The Kier molecular flexibility index (Phi) is 6.36.